The number of methoxy groups -OCH3 is 1. The van der Waals surface area contributed by atoms with E-state index in [-0.39, 0.29) is 10.8 Å². The zero-order chi connectivity index (χ0) is 11.4. The van der Waals surface area contributed by atoms with E-state index in [1.165, 1.54) is 32.2 Å². The lowest BCUT2D eigenvalue weighted by atomic mass is 10.3. The number of esters is 1. The molecule has 0 aliphatic carbocycles. The van der Waals surface area contributed by atoms with E-state index in [0.717, 1.165) is 0 Å². The molecular weight excluding hydrogens is 223 g/mol. The Morgan fingerprint density at radius 3 is 2.80 bits per heavy atom. The molecule has 82 valence electrons. The molecular formula is C10H10ClFO3. The Kier molecular flexibility index (Phi) is 3.91. The molecule has 5 heteroatoms. The van der Waals surface area contributed by atoms with Gasteiger partial charge in [-0.2, -0.15) is 0 Å². The number of halogens is 2. The lowest BCUT2D eigenvalue weighted by molar-refractivity contribution is -0.148. The fourth-order valence-corrected chi connectivity index (χ4v) is 1.15. The molecule has 1 atom stereocenters. The molecule has 0 radical (unpaired) electrons. The summed E-state index contributed by atoms with van der Waals surface area (Å²) in [4.78, 5) is 11.0. The minimum atomic E-state index is -0.872. The maximum absolute atomic E-state index is 13.3. The summed E-state index contributed by atoms with van der Waals surface area (Å²) in [6.07, 6.45) is -0.872. The van der Waals surface area contributed by atoms with Gasteiger partial charge in [0.25, 0.3) is 0 Å². The van der Waals surface area contributed by atoms with E-state index < -0.39 is 17.9 Å². The summed E-state index contributed by atoms with van der Waals surface area (Å²) >= 11 is 5.54. The van der Waals surface area contributed by atoms with Gasteiger partial charge in [0.2, 0.25) is 0 Å². The Bertz CT molecular complexity index is 368. The molecule has 0 heterocycles. The molecule has 1 aromatic carbocycles. The maximum Gasteiger partial charge on any atom is 0.346 e. The lowest BCUT2D eigenvalue weighted by Crippen LogP contribution is -2.25. The second-order valence-corrected chi connectivity index (χ2v) is 3.24. The van der Waals surface area contributed by atoms with Crippen LogP contribution in [0.5, 0.6) is 5.75 Å². The number of hydrogen-bond acceptors (Lipinski definition) is 3. The molecule has 0 aromatic heterocycles. The van der Waals surface area contributed by atoms with Crippen molar-refractivity contribution >= 4 is 17.6 Å². The van der Waals surface area contributed by atoms with Gasteiger partial charge in [-0.15, -0.1) is 0 Å². The fourth-order valence-electron chi connectivity index (χ4n) is 0.980. The first-order valence-corrected chi connectivity index (χ1v) is 4.62. The minimum absolute atomic E-state index is 0.0513. The molecule has 1 rings (SSSR count). The van der Waals surface area contributed by atoms with Crippen LogP contribution in [0.1, 0.15) is 6.92 Å². The number of hydrogen-bond donors (Lipinski definition) is 0. The standard InChI is InChI=1S/C10H10ClFO3/c1-6(10(13)14-2)15-8-5-3-4-7(11)9(8)12/h3-6H,1-2H3/t6-/m0/s1. The normalized spacial score (nSPS) is 12.0. The summed E-state index contributed by atoms with van der Waals surface area (Å²) in [5.41, 5.74) is 0. The molecule has 0 saturated heterocycles. The van der Waals surface area contributed by atoms with Gasteiger partial charge in [0.05, 0.1) is 12.1 Å². The van der Waals surface area contributed by atoms with E-state index >= 15 is 0 Å². The van der Waals surface area contributed by atoms with Gasteiger partial charge < -0.3 is 9.47 Å². The van der Waals surface area contributed by atoms with E-state index in [2.05, 4.69) is 4.74 Å². The Labute approximate surface area is 91.7 Å². The predicted molar refractivity (Wildman–Crippen MR) is 53.5 cm³/mol. The van der Waals surface area contributed by atoms with Crippen LogP contribution in [0.15, 0.2) is 18.2 Å². The molecule has 0 saturated carbocycles. The van der Waals surface area contributed by atoms with Crippen LogP contribution in [0, 0.1) is 5.82 Å². The third-order valence-corrected chi connectivity index (χ3v) is 2.04. The second-order valence-electron chi connectivity index (χ2n) is 2.84. The van der Waals surface area contributed by atoms with E-state index in [4.69, 9.17) is 16.3 Å². The molecule has 0 spiro atoms. The summed E-state index contributed by atoms with van der Waals surface area (Å²) in [6, 6.07) is 4.32. The summed E-state index contributed by atoms with van der Waals surface area (Å²) in [7, 11) is 1.23. The van der Waals surface area contributed by atoms with Gasteiger partial charge in [-0.25, -0.2) is 9.18 Å². The summed E-state index contributed by atoms with van der Waals surface area (Å²) < 4.78 is 22.8. The van der Waals surface area contributed by atoms with Crippen LogP contribution in [0.2, 0.25) is 5.02 Å². The van der Waals surface area contributed by atoms with Crippen molar-refractivity contribution in [1.29, 1.82) is 0 Å². The van der Waals surface area contributed by atoms with Crippen molar-refractivity contribution in [3.05, 3.63) is 29.0 Å². The molecule has 1 aromatic rings. The van der Waals surface area contributed by atoms with Crippen molar-refractivity contribution in [2.24, 2.45) is 0 Å². The number of benzene rings is 1. The van der Waals surface area contributed by atoms with Crippen LogP contribution in [0.25, 0.3) is 0 Å². The summed E-state index contributed by atoms with van der Waals surface area (Å²) in [5.74, 6) is -1.33. The lowest BCUT2D eigenvalue weighted by Gasteiger charge is -2.13. The van der Waals surface area contributed by atoms with Crippen molar-refractivity contribution in [1.82, 2.24) is 0 Å². The molecule has 3 nitrogen and oxygen atoms in total. The van der Waals surface area contributed by atoms with E-state index in [9.17, 15) is 9.18 Å². The van der Waals surface area contributed by atoms with E-state index in [1.807, 2.05) is 0 Å². The van der Waals surface area contributed by atoms with Crippen LogP contribution >= 0.6 is 11.6 Å². The van der Waals surface area contributed by atoms with Crippen LogP contribution in [0.4, 0.5) is 4.39 Å². The van der Waals surface area contributed by atoms with Crippen molar-refractivity contribution in [2.75, 3.05) is 7.11 Å². The first-order chi connectivity index (χ1) is 7.06. The highest BCUT2D eigenvalue weighted by Crippen LogP contribution is 2.24. The highest BCUT2D eigenvalue weighted by atomic mass is 35.5. The number of rotatable bonds is 3. The Morgan fingerprint density at radius 2 is 2.20 bits per heavy atom. The third-order valence-electron chi connectivity index (χ3n) is 1.75. The highest BCUT2D eigenvalue weighted by molar-refractivity contribution is 6.30. The zero-order valence-corrected chi connectivity index (χ0v) is 9.05. The topological polar surface area (TPSA) is 35.5 Å². The molecule has 15 heavy (non-hydrogen) atoms. The van der Waals surface area contributed by atoms with E-state index in [1.54, 1.807) is 0 Å². The average Bonchev–Trinajstić information content (AvgIpc) is 2.23. The van der Waals surface area contributed by atoms with Gasteiger partial charge in [-0.3, -0.25) is 0 Å². The van der Waals surface area contributed by atoms with Crippen LogP contribution in [-0.4, -0.2) is 19.2 Å². The molecule has 0 N–H and O–H groups in total. The third kappa shape index (κ3) is 2.83. The van der Waals surface area contributed by atoms with Crippen LogP contribution in [-0.2, 0) is 9.53 Å². The van der Waals surface area contributed by atoms with Gasteiger partial charge in [0.15, 0.2) is 17.7 Å². The van der Waals surface area contributed by atoms with Crippen molar-refractivity contribution in [2.45, 2.75) is 13.0 Å². The van der Waals surface area contributed by atoms with Crippen molar-refractivity contribution in [3.8, 4) is 5.75 Å². The van der Waals surface area contributed by atoms with Gasteiger partial charge in [0, 0.05) is 0 Å². The quantitative estimate of drug-likeness (QED) is 0.751. The molecule has 0 aliphatic heterocycles. The Balaban J connectivity index is 2.81. The first-order valence-electron chi connectivity index (χ1n) is 4.24. The monoisotopic (exact) mass is 232 g/mol. The zero-order valence-electron chi connectivity index (χ0n) is 8.29. The smallest absolute Gasteiger partial charge is 0.346 e. The van der Waals surface area contributed by atoms with Crippen LogP contribution < -0.4 is 4.74 Å². The second kappa shape index (κ2) is 4.98. The molecule has 0 bridgehead atoms. The first kappa shape index (κ1) is 11.8. The van der Waals surface area contributed by atoms with Gasteiger partial charge in [-0.1, -0.05) is 17.7 Å². The molecule has 0 fully saturated rings. The number of carbonyl (C=O) groups is 1. The summed E-state index contributed by atoms with van der Waals surface area (Å²) in [6.45, 7) is 1.46. The van der Waals surface area contributed by atoms with E-state index in [0.29, 0.717) is 0 Å². The molecule has 0 unspecified atom stereocenters. The number of carbonyl (C=O) groups excluding carboxylic acids is 1. The van der Waals surface area contributed by atoms with Gasteiger partial charge in [0.1, 0.15) is 0 Å². The molecule has 0 aliphatic rings. The SMILES string of the molecule is COC(=O)[C@H](C)Oc1cccc(Cl)c1F. The maximum atomic E-state index is 13.3. The van der Waals surface area contributed by atoms with Crippen LogP contribution in [0.3, 0.4) is 0 Å². The average molecular weight is 233 g/mol. The van der Waals surface area contributed by atoms with Crippen molar-refractivity contribution < 1.29 is 18.7 Å². The summed E-state index contributed by atoms with van der Waals surface area (Å²) in [5, 5.41) is -0.0513. The molecule has 0 amide bonds. The Morgan fingerprint density at radius 1 is 1.53 bits per heavy atom. The largest absolute Gasteiger partial charge is 0.476 e. The number of ether oxygens (including phenoxy) is 2. The fraction of sp³-hybridized carbons (Fsp3) is 0.300. The predicted octanol–water partition coefficient (Wildman–Crippen LogP) is 2.42. The minimum Gasteiger partial charge on any atom is -0.476 e. The highest BCUT2D eigenvalue weighted by Gasteiger charge is 2.17. The van der Waals surface area contributed by atoms with Crippen molar-refractivity contribution in [3.63, 3.8) is 0 Å². The Hall–Kier alpha value is -1.29. The van der Waals surface area contributed by atoms with Gasteiger partial charge in [-0.05, 0) is 19.1 Å². The van der Waals surface area contributed by atoms with Gasteiger partial charge >= 0.3 is 5.97 Å².